The Balaban J connectivity index is 1.83. The molecule has 0 bridgehead atoms. The fourth-order valence-electron chi connectivity index (χ4n) is 3.20. The maximum Gasteiger partial charge on any atom is 0.0827 e. The van der Waals surface area contributed by atoms with Crippen LogP contribution in [0.3, 0.4) is 0 Å². The Hall–Kier alpha value is -1.60. The van der Waals surface area contributed by atoms with Gasteiger partial charge in [-0.2, -0.15) is 0 Å². The first kappa shape index (κ1) is 12.4. The van der Waals surface area contributed by atoms with Crippen molar-refractivity contribution in [1.29, 1.82) is 0 Å². The second-order valence-corrected chi connectivity index (χ2v) is 5.74. The van der Waals surface area contributed by atoms with Crippen molar-refractivity contribution in [2.45, 2.75) is 32.8 Å². The Morgan fingerprint density at radius 3 is 2.63 bits per heavy atom. The standard InChI is InChI=1S/C18H20O/c1-12-7-8-14(13(2)9-12)10-16-11-15-5-3-4-6-17(15)18(16)19/h3-9,16,18-19H,10-11H2,1-2H3. The molecule has 0 amide bonds. The lowest BCUT2D eigenvalue weighted by Gasteiger charge is -2.16. The van der Waals surface area contributed by atoms with Crippen LogP contribution in [0.15, 0.2) is 42.5 Å². The highest BCUT2D eigenvalue weighted by Crippen LogP contribution is 2.38. The van der Waals surface area contributed by atoms with E-state index in [0.717, 1.165) is 18.4 Å². The Kier molecular flexibility index (Phi) is 3.16. The van der Waals surface area contributed by atoms with Crippen molar-refractivity contribution in [2.24, 2.45) is 5.92 Å². The quantitative estimate of drug-likeness (QED) is 0.863. The van der Waals surface area contributed by atoms with E-state index >= 15 is 0 Å². The largest absolute Gasteiger partial charge is 0.388 e. The Morgan fingerprint density at radius 1 is 1.11 bits per heavy atom. The molecule has 98 valence electrons. The molecule has 2 unspecified atom stereocenters. The minimum absolute atomic E-state index is 0.308. The molecular formula is C18H20O. The van der Waals surface area contributed by atoms with Gasteiger partial charge in [0.1, 0.15) is 0 Å². The Morgan fingerprint density at radius 2 is 1.89 bits per heavy atom. The van der Waals surface area contributed by atoms with Crippen LogP contribution in [-0.2, 0) is 12.8 Å². The summed E-state index contributed by atoms with van der Waals surface area (Å²) in [6.45, 7) is 4.29. The summed E-state index contributed by atoms with van der Waals surface area (Å²) in [6, 6.07) is 14.9. The monoisotopic (exact) mass is 252 g/mol. The van der Waals surface area contributed by atoms with Crippen LogP contribution >= 0.6 is 0 Å². The normalized spacial score (nSPS) is 21.4. The summed E-state index contributed by atoms with van der Waals surface area (Å²) in [5, 5.41) is 10.4. The van der Waals surface area contributed by atoms with Gasteiger partial charge in [-0.25, -0.2) is 0 Å². The predicted octanol–water partition coefficient (Wildman–Crippen LogP) is 3.75. The van der Waals surface area contributed by atoms with Crippen LogP contribution in [0, 0.1) is 19.8 Å². The summed E-state index contributed by atoms with van der Waals surface area (Å²) in [7, 11) is 0. The van der Waals surface area contributed by atoms with Crippen molar-refractivity contribution in [3.63, 3.8) is 0 Å². The van der Waals surface area contributed by atoms with Crippen LogP contribution in [0.25, 0.3) is 0 Å². The van der Waals surface area contributed by atoms with Gasteiger partial charge >= 0.3 is 0 Å². The predicted molar refractivity (Wildman–Crippen MR) is 78.2 cm³/mol. The molecule has 1 nitrogen and oxygen atoms in total. The molecule has 1 aliphatic rings. The van der Waals surface area contributed by atoms with Gasteiger partial charge in [-0.15, -0.1) is 0 Å². The molecule has 0 heterocycles. The first-order valence-electron chi connectivity index (χ1n) is 6.97. The summed E-state index contributed by atoms with van der Waals surface area (Å²) in [4.78, 5) is 0. The van der Waals surface area contributed by atoms with Gasteiger partial charge in [0.05, 0.1) is 6.10 Å². The van der Waals surface area contributed by atoms with Crippen molar-refractivity contribution >= 4 is 0 Å². The molecule has 0 aromatic heterocycles. The van der Waals surface area contributed by atoms with Gasteiger partial charge < -0.3 is 5.11 Å². The number of benzene rings is 2. The first-order valence-corrected chi connectivity index (χ1v) is 6.97. The number of rotatable bonds is 2. The third kappa shape index (κ3) is 2.31. The molecule has 1 aliphatic carbocycles. The first-order chi connectivity index (χ1) is 9.15. The minimum Gasteiger partial charge on any atom is -0.388 e. The van der Waals surface area contributed by atoms with Gasteiger partial charge in [0.15, 0.2) is 0 Å². The van der Waals surface area contributed by atoms with E-state index < -0.39 is 0 Å². The topological polar surface area (TPSA) is 20.2 Å². The number of aliphatic hydroxyl groups is 1. The number of fused-ring (bicyclic) bond motifs is 1. The van der Waals surface area contributed by atoms with E-state index in [-0.39, 0.29) is 6.10 Å². The van der Waals surface area contributed by atoms with Gasteiger partial charge in [0, 0.05) is 0 Å². The summed E-state index contributed by atoms with van der Waals surface area (Å²) in [6.07, 6.45) is 1.64. The second-order valence-electron chi connectivity index (χ2n) is 5.74. The van der Waals surface area contributed by atoms with Crippen LogP contribution in [0.4, 0.5) is 0 Å². The average molecular weight is 252 g/mol. The zero-order valence-corrected chi connectivity index (χ0v) is 11.6. The van der Waals surface area contributed by atoms with Gasteiger partial charge in [0.2, 0.25) is 0 Å². The third-order valence-electron chi connectivity index (χ3n) is 4.28. The van der Waals surface area contributed by atoms with Crippen LogP contribution in [0.2, 0.25) is 0 Å². The van der Waals surface area contributed by atoms with E-state index in [2.05, 4.69) is 50.2 Å². The van der Waals surface area contributed by atoms with Crippen molar-refractivity contribution in [3.8, 4) is 0 Å². The van der Waals surface area contributed by atoms with Crippen molar-refractivity contribution in [3.05, 3.63) is 70.3 Å². The lowest BCUT2D eigenvalue weighted by Crippen LogP contribution is -2.11. The lowest BCUT2D eigenvalue weighted by molar-refractivity contribution is 0.123. The number of aryl methyl sites for hydroxylation is 2. The van der Waals surface area contributed by atoms with E-state index in [4.69, 9.17) is 0 Å². The highest BCUT2D eigenvalue weighted by molar-refractivity contribution is 5.37. The molecule has 2 atom stereocenters. The number of aliphatic hydroxyl groups excluding tert-OH is 1. The molecule has 0 saturated carbocycles. The van der Waals surface area contributed by atoms with Crippen LogP contribution < -0.4 is 0 Å². The molecule has 0 fully saturated rings. The zero-order valence-electron chi connectivity index (χ0n) is 11.6. The zero-order chi connectivity index (χ0) is 13.4. The smallest absolute Gasteiger partial charge is 0.0827 e. The van der Waals surface area contributed by atoms with E-state index in [9.17, 15) is 5.11 Å². The van der Waals surface area contributed by atoms with Crippen molar-refractivity contribution in [2.75, 3.05) is 0 Å². The van der Waals surface area contributed by atoms with Crippen LogP contribution in [0.5, 0.6) is 0 Å². The lowest BCUT2D eigenvalue weighted by atomic mass is 9.91. The second kappa shape index (κ2) is 4.82. The highest BCUT2D eigenvalue weighted by Gasteiger charge is 2.30. The molecule has 2 aromatic carbocycles. The minimum atomic E-state index is -0.308. The summed E-state index contributed by atoms with van der Waals surface area (Å²) in [5.74, 6) is 0.318. The Bertz CT molecular complexity index is 600. The maximum absolute atomic E-state index is 10.4. The average Bonchev–Trinajstić information content (AvgIpc) is 2.70. The molecule has 2 aromatic rings. The van der Waals surface area contributed by atoms with Crippen LogP contribution in [0.1, 0.15) is 33.9 Å². The molecule has 1 heteroatoms. The van der Waals surface area contributed by atoms with Gasteiger partial charge in [-0.1, -0.05) is 48.0 Å². The number of hydrogen-bond donors (Lipinski definition) is 1. The van der Waals surface area contributed by atoms with Gasteiger partial charge in [-0.05, 0) is 54.9 Å². The van der Waals surface area contributed by atoms with Crippen molar-refractivity contribution < 1.29 is 5.11 Å². The summed E-state index contributed by atoms with van der Waals surface area (Å²) < 4.78 is 0. The Labute approximate surface area is 114 Å². The van der Waals surface area contributed by atoms with Crippen molar-refractivity contribution in [1.82, 2.24) is 0 Å². The molecule has 19 heavy (non-hydrogen) atoms. The third-order valence-corrected chi connectivity index (χ3v) is 4.28. The number of hydrogen-bond acceptors (Lipinski definition) is 1. The van der Waals surface area contributed by atoms with E-state index in [1.54, 1.807) is 0 Å². The SMILES string of the molecule is Cc1ccc(CC2Cc3ccccc3C2O)c(C)c1. The van der Waals surface area contributed by atoms with Gasteiger partial charge in [0.25, 0.3) is 0 Å². The molecule has 0 saturated heterocycles. The molecular weight excluding hydrogens is 232 g/mol. The molecule has 0 aliphatic heterocycles. The fraction of sp³-hybridized carbons (Fsp3) is 0.333. The van der Waals surface area contributed by atoms with E-state index in [0.29, 0.717) is 5.92 Å². The summed E-state index contributed by atoms with van der Waals surface area (Å²) in [5.41, 5.74) is 6.43. The molecule has 3 rings (SSSR count). The van der Waals surface area contributed by atoms with E-state index in [1.807, 2.05) is 6.07 Å². The molecule has 0 radical (unpaired) electrons. The van der Waals surface area contributed by atoms with E-state index in [1.165, 1.54) is 22.3 Å². The maximum atomic E-state index is 10.4. The fourth-order valence-corrected chi connectivity index (χ4v) is 3.20. The van der Waals surface area contributed by atoms with Crippen LogP contribution in [-0.4, -0.2) is 5.11 Å². The highest BCUT2D eigenvalue weighted by atomic mass is 16.3. The van der Waals surface area contributed by atoms with Gasteiger partial charge in [-0.3, -0.25) is 0 Å². The summed E-state index contributed by atoms with van der Waals surface area (Å²) >= 11 is 0. The molecule has 0 spiro atoms. The molecule has 1 N–H and O–H groups in total.